The lowest BCUT2D eigenvalue weighted by atomic mass is 9.99. The summed E-state index contributed by atoms with van der Waals surface area (Å²) in [5.41, 5.74) is 5.00. The molecule has 0 saturated carbocycles. The van der Waals surface area contributed by atoms with Crippen LogP contribution in [-0.4, -0.2) is 59.6 Å². The molecule has 2 heterocycles. The molecular weight excluding hydrogens is 478 g/mol. The molecule has 0 radical (unpaired) electrons. The summed E-state index contributed by atoms with van der Waals surface area (Å²) in [5, 5.41) is 12.3. The van der Waals surface area contributed by atoms with Gasteiger partial charge in [0.2, 0.25) is 5.91 Å². The predicted molar refractivity (Wildman–Crippen MR) is 147 cm³/mol. The summed E-state index contributed by atoms with van der Waals surface area (Å²) in [6.45, 7) is 7.48. The topological polar surface area (TPSA) is 74.3 Å². The molecule has 7 nitrogen and oxygen atoms in total. The van der Waals surface area contributed by atoms with Crippen LogP contribution in [0.25, 0.3) is 0 Å². The fourth-order valence-corrected chi connectivity index (χ4v) is 5.22. The van der Waals surface area contributed by atoms with E-state index in [9.17, 15) is 9.90 Å². The Morgan fingerprint density at radius 2 is 1.50 bits per heavy atom. The first-order chi connectivity index (χ1) is 18.6. The van der Waals surface area contributed by atoms with Crippen LogP contribution in [-0.2, 0) is 27.4 Å². The molecule has 5 rings (SSSR count). The van der Waals surface area contributed by atoms with E-state index in [4.69, 9.17) is 9.47 Å². The zero-order chi connectivity index (χ0) is 26.3. The van der Waals surface area contributed by atoms with Crippen molar-refractivity contribution in [2.75, 3.05) is 38.0 Å². The van der Waals surface area contributed by atoms with Gasteiger partial charge in [-0.2, -0.15) is 0 Å². The maximum absolute atomic E-state index is 11.4. The number of rotatable bonds is 8. The smallest absolute Gasteiger partial charge is 0.221 e. The largest absolute Gasteiger partial charge is 0.392 e. The summed E-state index contributed by atoms with van der Waals surface area (Å²) in [7, 11) is 0. The number of benzene rings is 3. The lowest BCUT2D eigenvalue weighted by Crippen LogP contribution is -2.49. The van der Waals surface area contributed by atoms with Gasteiger partial charge in [-0.1, -0.05) is 66.7 Å². The third kappa shape index (κ3) is 7.07. The van der Waals surface area contributed by atoms with Gasteiger partial charge in [0.25, 0.3) is 0 Å². The molecule has 0 aromatic heterocycles. The van der Waals surface area contributed by atoms with Gasteiger partial charge in [0.05, 0.1) is 18.8 Å². The van der Waals surface area contributed by atoms with Crippen LogP contribution in [0.3, 0.4) is 0 Å². The molecule has 2 aliphatic heterocycles. The van der Waals surface area contributed by atoms with Crippen LogP contribution in [0.15, 0.2) is 78.9 Å². The molecule has 0 spiro atoms. The van der Waals surface area contributed by atoms with E-state index >= 15 is 0 Å². The SMILES string of the molecule is CC(=O)Nc1ccc(C2OC(CN3CCN(Cc4ccccc4)CC3)CC(c3ccc(CO)cc3)O2)cc1. The quantitative estimate of drug-likeness (QED) is 0.460. The zero-order valence-electron chi connectivity index (χ0n) is 22.0. The van der Waals surface area contributed by atoms with E-state index in [1.54, 1.807) is 0 Å². The Bertz CT molecular complexity index is 1160. The lowest BCUT2D eigenvalue weighted by Gasteiger charge is -2.40. The zero-order valence-corrected chi connectivity index (χ0v) is 22.0. The van der Waals surface area contributed by atoms with E-state index < -0.39 is 6.29 Å². The molecule has 2 aliphatic rings. The molecular formula is C31H37N3O4. The highest BCUT2D eigenvalue weighted by atomic mass is 16.7. The second kappa shape index (κ2) is 12.7. The molecule has 7 heteroatoms. The van der Waals surface area contributed by atoms with Crippen LogP contribution in [0.1, 0.15) is 48.0 Å². The van der Waals surface area contributed by atoms with Crippen molar-refractivity contribution in [2.45, 2.75) is 45.0 Å². The van der Waals surface area contributed by atoms with Crippen molar-refractivity contribution < 1.29 is 19.4 Å². The minimum absolute atomic E-state index is 0.0203. The van der Waals surface area contributed by atoms with Crippen molar-refractivity contribution in [3.8, 4) is 0 Å². The molecule has 1 amide bonds. The Hall–Kier alpha value is -3.07. The van der Waals surface area contributed by atoms with Gasteiger partial charge in [0.15, 0.2) is 6.29 Å². The highest BCUT2D eigenvalue weighted by Crippen LogP contribution is 2.38. The van der Waals surface area contributed by atoms with Crippen LogP contribution >= 0.6 is 0 Å². The van der Waals surface area contributed by atoms with Gasteiger partial charge in [0.1, 0.15) is 0 Å². The molecule has 0 aliphatic carbocycles. The lowest BCUT2D eigenvalue weighted by molar-refractivity contribution is -0.253. The monoisotopic (exact) mass is 515 g/mol. The third-order valence-electron chi connectivity index (χ3n) is 7.29. The maximum atomic E-state index is 11.4. The fraction of sp³-hybridized carbons (Fsp3) is 0.387. The molecule has 2 N–H and O–H groups in total. The van der Waals surface area contributed by atoms with E-state index in [0.29, 0.717) is 0 Å². The average Bonchev–Trinajstić information content (AvgIpc) is 2.95. The van der Waals surface area contributed by atoms with E-state index in [0.717, 1.165) is 68.1 Å². The summed E-state index contributed by atoms with van der Waals surface area (Å²) in [6.07, 6.45) is 0.179. The third-order valence-corrected chi connectivity index (χ3v) is 7.29. The minimum atomic E-state index is -0.498. The van der Waals surface area contributed by atoms with Gasteiger partial charge < -0.3 is 19.9 Å². The minimum Gasteiger partial charge on any atom is -0.392 e. The molecule has 3 unspecified atom stereocenters. The Morgan fingerprint density at radius 1 is 0.842 bits per heavy atom. The summed E-state index contributed by atoms with van der Waals surface area (Å²) < 4.78 is 13.0. The number of carbonyl (C=O) groups is 1. The summed E-state index contributed by atoms with van der Waals surface area (Å²) in [4.78, 5) is 16.4. The van der Waals surface area contributed by atoms with Crippen molar-refractivity contribution >= 4 is 11.6 Å². The standard InChI is InChI=1S/C31H37N3O4/c1-23(36)32-28-13-11-27(12-14-28)31-37-29(19-30(38-31)26-9-7-25(22-35)8-10-26)21-34-17-15-33(16-18-34)20-24-5-3-2-4-6-24/h2-14,29-31,35H,15-22H2,1H3,(H,32,36). The number of carbonyl (C=O) groups excluding carboxylic acids is 1. The number of nitrogens with one attached hydrogen (secondary N) is 1. The van der Waals surface area contributed by atoms with Gasteiger partial charge in [-0.15, -0.1) is 0 Å². The second-order valence-corrected chi connectivity index (χ2v) is 10.2. The first kappa shape index (κ1) is 26.5. The Balaban J connectivity index is 1.25. The summed E-state index contributed by atoms with van der Waals surface area (Å²) in [5.74, 6) is -0.0989. The average molecular weight is 516 g/mol. The van der Waals surface area contributed by atoms with Crippen molar-refractivity contribution in [3.63, 3.8) is 0 Å². The van der Waals surface area contributed by atoms with Crippen molar-refractivity contribution in [1.29, 1.82) is 0 Å². The van der Waals surface area contributed by atoms with Crippen molar-refractivity contribution in [3.05, 3.63) is 101 Å². The number of piperazine rings is 1. The maximum Gasteiger partial charge on any atom is 0.221 e. The van der Waals surface area contributed by atoms with Gasteiger partial charge in [-0.05, 0) is 28.8 Å². The number of ether oxygens (including phenoxy) is 2. The number of hydrogen-bond donors (Lipinski definition) is 2. The van der Waals surface area contributed by atoms with E-state index in [1.165, 1.54) is 12.5 Å². The van der Waals surface area contributed by atoms with Crippen LogP contribution in [0.2, 0.25) is 0 Å². The Morgan fingerprint density at radius 3 is 2.16 bits per heavy atom. The fourth-order valence-electron chi connectivity index (χ4n) is 5.22. The number of hydrogen-bond acceptors (Lipinski definition) is 6. The van der Waals surface area contributed by atoms with Crippen LogP contribution < -0.4 is 5.32 Å². The van der Waals surface area contributed by atoms with Gasteiger partial charge in [-0.3, -0.25) is 14.6 Å². The van der Waals surface area contributed by atoms with E-state index in [-0.39, 0.29) is 24.7 Å². The molecule has 2 saturated heterocycles. The summed E-state index contributed by atoms with van der Waals surface area (Å²) in [6, 6.07) is 26.3. The van der Waals surface area contributed by atoms with Crippen LogP contribution in [0, 0.1) is 0 Å². The van der Waals surface area contributed by atoms with E-state index in [2.05, 4.69) is 45.4 Å². The van der Waals surface area contributed by atoms with Crippen LogP contribution in [0.4, 0.5) is 5.69 Å². The number of amides is 1. The molecule has 3 aromatic rings. The first-order valence-corrected chi connectivity index (χ1v) is 13.4. The number of nitrogens with zero attached hydrogens (tertiary/aromatic N) is 2. The first-order valence-electron chi connectivity index (χ1n) is 13.4. The molecule has 3 atom stereocenters. The molecule has 3 aromatic carbocycles. The van der Waals surface area contributed by atoms with Crippen LogP contribution in [0.5, 0.6) is 0 Å². The molecule has 2 fully saturated rings. The number of aliphatic hydroxyl groups is 1. The predicted octanol–water partition coefficient (Wildman–Crippen LogP) is 4.50. The molecule has 0 bridgehead atoms. The van der Waals surface area contributed by atoms with Crippen molar-refractivity contribution in [1.82, 2.24) is 9.80 Å². The Labute approximate surface area is 225 Å². The van der Waals surface area contributed by atoms with Crippen molar-refractivity contribution in [2.24, 2.45) is 0 Å². The molecule has 200 valence electrons. The number of aliphatic hydroxyl groups excluding tert-OH is 1. The normalized spacial score (nSPS) is 22.7. The highest BCUT2D eigenvalue weighted by molar-refractivity contribution is 5.88. The van der Waals surface area contributed by atoms with Gasteiger partial charge >= 0.3 is 0 Å². The summed E-state index contributed by atoms with van der Waals surface area (Å²) >= 11 is 0. The van der Waals surface area contributed by atoms with Gasteiger partial charge in [-0.25, -0.2) is 0 Å². The second-order valence-electron chi connectivity index (χ2n) is 10.2. The number of anilines is 1. The van der Waals surface area contributed by atoms with Gasteiger partial charge in [0, 0.05) is 63.9 Å². The van der Waals surface area contributed by atoms with E-state index in [1.807, 2.05) is 48.5 Å². The Kier molecular flexibility index (Phi) is 8.83. The highest BCUT2D eigenvalue weighted by Gasteiger charge is 2.33. The molecule has 38 heavy (non-hydrogen) atoms.